The van der Waals surface area contributed by atoms with E-state index in [-0.39, 0.29) is 11.7 Å². The summed E-state index contributed by atoms with van der Waals surface area (Å²) in [6.07, 6.45) is 2.22. The van der Waals surface area contributed by atoms with Gasteiger partial charge in [0, 0.05) is 18.2 Å². The number of nitrogens with two attached hydrogens (primary N) is 1. The number of hydrogen-bond donors (Lipinski definition) is 2. The van der Waals surface area contributed by atoms with Crippen LogP contribution in [0.3, 0.4) is 0 Å². The Balaban J connectivity index is 1.59. The number of nitrogen functional groups attached to an aromatic ring is 1. The topological polar surface area (TPSA) is 104 Å². The summed E-state index contributed by atoms with van der Waals surface area (Å²) in [5, 5.41) is 10.7. The van der Waals surface area contributed by atoms with Crippen LogP contribution >= 0.6 is 11.8 Å². The molecule has 0 spiro atoms. The molecule has 2 heterocycles. The van der Waals surface area contributed by atoms with Gasteiger partial charge in [0.25, 0.3) is 0 Å². The average Bonchev–Trinajstić information content (AvgIpc) is 2.78. The van der Waals surface area contributed by atoms with Crippen molar-refractivity contribution in [1.82, 2.24) is 14.9 Å². The lowest BCUT2D eigenvalue weighted by atomic mass is 10.2. The molecule has 1 amide bonds. The van der Waals surface area contributed by atoms with E-state index in [1.54, 1.807) is 18.2 Å². The molecule has 3 rings (SSSR count). The van der Waals surface area contributed by atoms with E-state index >= 15 is 0 Å². The van der Waals surface area contributed by atoms with Gasteiger partial charge in [-0.25, -0.2) is 4.68 Å². The van der Waals surface area contributed by atoms with Crippen LogP contribution in [-0.2, 0) is 4.79 Å². The summed E-state index contributed by atoms with van der Waals surface area (Å²) < 4.78 is 12.4. The molecule has 0 saturated carbocycles. The summed E-state index contributed by atoms with van der Waals surface area (Å²) in [7, 11) is 0. The highest BCUT2D eigenvalue weighted by atomic mass is 32.2. The maximum Gasteiger partial charge on any atom is 0.234 e. The second-order valence-corrected chi connectivity index (χ2v) is 5.51. The Labute approximate surface area is 131 Å². The molecule has 1 aliphatic heterocycles. The third kappa shape index (κ3) is 3.42. The molecule has 1 aliphatic rings. The third-order valence-electron chi connectivity index (χ3n) is 2.90. The number of carbonyl (C=O) groups excluding carboxylic acids is 1. The summed E-state index contributed by atoms with van der Waals surface area (Å²) >= 11 is 1.21. The number of benzene rings is 1. The highest BCUT2D eigenvalue weighted by Gasteiger charge is 2.12. The minimum absolute atomic E-state index is 0.164. The molecule has 0 unspecified atom stereocenters. The molecule has 22 heavy (non-hydrogen) atoms. The lowest BCUT2D eigenvalue weighted by molar-refractivity contribution is -0.113. The SMILES string of the molecule is Nn1cnnc1SCC(=O)Nc1ccc2c(c1)OCCCO2. The Hall–Kier alpha value is -2.42. The minimum atomic E-state index is -0.164. The molecule has 0 radical (unpaired) electrons. The average molecular weight is 321 g/mol. The summed E-state index contributed by atoms with van der Waals surface area (Å²) in [5.74, 6) is 6.94. The van der Waals surface area contributed by atoms with Crippen molar-refractivity contribution in [2.45, 2.75) is 11.6 Å². The van der Waals surface area contributed by atoms with E-state index < -0.39 is 0 Å². The van der Waals surface area contributed by atoms with E-state index in [1.165, 1.54) is 22.8 Å². The maximum atomic E-state index is 12.0. The monoisotopic (exact) mass is 321 g/mol. The van der Waals surface area contributed by atoms with E-state index in [0.29, 0.717) is 35.6 Å². The first kappa shape index (κ1) is 14.5. The van der Waals surface area contributed by atoms with Gasteiger partial charge < -0.3 is 20.6 Å². The number of hydrogen-bond acceptors (Lipinski definition) is 7. The van der Waals surface area contributed by atoms with Crippen molar-refractivity contribution in [3.8, 4) is 11.5 Å². The van der Waals surface area contributed by atoms with Gasteiger partial charge in [0.15, 0.2) is 11.5 Å². The van der Waals surface area contributed by atoms with Gasteiger partial charge in [0.2, 0.25) is 11.1 Å². The molecule has 116 valence electrons. The summed E-state index contributed by atoms with van der Waals surface area (Å²) in [6, 6.07) is 5.33. The summed E-state index contributed by atoms with van der Waals surface area (Å²) in [6.45, 7) is 1.24. The predicted octanol–water partition coefficient (Wildman–Crippen LogP) is 0.884. The van der Waals surface area contributed by atoms with Crippen molar-refractivity contribution in [1.29, 1.82) is 0 Å². The number of amides is 1. The van der Waals surface area contributed by atoms with Gasteiger partial charge in [0.1, 0.15) is 6.33 Å². The Bertz CT molecular complexity index is 675. The van der Waals surface area contributed by atoms with E-state index in [1.807, 2.05) is 0 Å². The Morgan fingerprint density at radius 2 is 2.18 bits per heavy atom. The van der Waals surface area contributed by atoms with Crippen LogP contribution < -0.4 is 20.6 Å². The quantitative estimate of drug-likeness (QED) is 0.636. The molecule has 1 aromatic carbocycles. The molecule has 9 heteroatoms. The Kier molecular flexibility index (Phi) is 4.33. The van der Waals surface area contributed by atoms with E-state index in [2.05, 4.69) is 15.5 Å². The third-order valence-corrected chi connectivity index (χ3v) is 3.86. The first-order valence-corrected chi connectivity index (χ1v) is 7.68. The second kappa shape index (κ2) is 6.56. The molecule has 0 atom stereocenters. The van der Waals surface area contributed by atoms with Crippen LogP contribution in [0.25, 0.3) is 0 Å². The van der Waals surface area contributed by atoms with Crippen molar-refractivity contribution >= 4 is 23.4 Å². The van der Waals surface area contributed by atoms with Crippen molar-refractivity contribution in [3.63, 3.8) is 0 Å². The number of ether oxygens (including phenoxy) is 2. The summed E-state index contributed by atoms with van der Waals surface area (Å²) in [5.41, 5.74) is 0.657. The highest BCUT2D eigenvalue weighted by molar-refractivity contribution is 7.99. The van der Waals surface area contributed by atoms with Gasteiger partial charge >= 0.3 is 0 Å². The molecule has 1 aromatic heterocycles. The largest absolute Gasteiger partial charge is 0.490 e. The number of thioether (sulfide) groups is 1. The first-order valence-electron chi connectivity index (χ1n) is 6.70. The smallest absolute Gasteiger partial charge is 0.234 e. The molecule has 0 bridgehead atoms. The Morgan fingerprint density at radius 3 is 2.95 bits per heavy atom. The summed E-state index contributed by atoms with van der Waals surface area (Å²) in [4.78, 5) is 12.0. The molecule has 0 saturated heterocycles. The normalized spacial score (nSPS) is 13.5. The van der Waals surface area contributed by atoms with Crippen LogP contribution in [0.2, 0.25) is 0 Å². The minimum Gasteiger partial charge on any atom is -0.490 e. The maximum absolute atomic E-state index is 12.0. The van der Waals surface area contributed by atoms with Crippen molar-refractivity contribution in [2.75, 3.05) is 30.1 Å². The van der Waals surface area contributed by atoms with Crippen LogP contribution in [0.1, 0.15) is 6.42 Å². The van der Waals surface area contributed by atoms with Gasteiger partial charge in [-0.05, 0) is 12.1 Å². The zero-order chi connectivity index (χ0) is 15.4. The number of aromatic nitrogens is 3. The standard InChI is InChI=1S/C13H15N5O3S/c14-18-8-15-17-13(18)22-7-12(19)16-9-2-3-10-11(6-9)21-5-1-4-20-10/h2-3,6,8H,1,4-5,7,14H2,(H,16,19). The zero-order valence-corrected chi connectivity index (χ0v) is 12.5. The van der Waals surface area contributed by atoms with E-state index in [4.69, 9.17) is 15.3 Å². The van der Waals surface area contributed by atoms with Crippen LogP contribution in [0, 0.1) is 0 Å². The van der Waals surface area contributed by atoms with Crippen LogP contribution in [0.15, 0.2) is 29.7 Å². The fourth-order valence-corrected chi connectivity index (χ4v) is 2.54. The number of nitrogens with one attached hydrogen (secondary N) is 1. The molecule has 8 nitrogen and oxygen atoms in total. The van der Waals surface area contributed by atoms with E-state index in [0.717, 1.165) is 6.42 Å². The highest BCUT2D eigenvalue weighted by Crippen LogP contribution is 2.32. The lowest BCUT2D eigenvalue weighted by Crippen LogP contribution is -2.15. The molecule has 3 N–H and O–H groups in total. The van der Waals surface area contributed by atoms with Gasteiger partial charge in [-0.3, -0.25) is 4.79 Å². The van der Waals surface area contributed by atoms with Crippen molar-refractivity contribution in [3.05, 3.63) is 24.5 Å². The molecule has 2 aromatic rings. The number of anilines is 1. The van der Waals surface area contributed by atoms with Gasteiger partial charge in [-0.15, -0.1) is 10.2 Å². The number of carbonyl (C=O) groups is 1. The predicted molar refractivity (Wildman–Crippen MR) is 81.6 cm³/mol. The van der Waals surface area contributed by atoms with Gasteiger partial charge in [0.05, 0.1) is 19.0 Å². The molecular formula is C13H15N5O3S. The van der Waals surface area contributed by atoms with Gasteiger partial charge in [-0.1, -0.05) is 11.8 Å². The van der Waals surface area contributed by atoms with Crippen LogP contribution in [-0.4, -0.2) is 39.7 Å². The zero-order valence-electron chi connectivity index (χ0n) is 11.7. The van der Waals surface area contributed by atoms with Crippen LogP contribution in [0.5, 0.6) is 11.5 Å². The fraction of sp³-hybridized carbons (Fsp3) is 0.308. The number of nitrogens with zero attached hydrogens (tertiary/aromatic N) is 3. The van der Waals surface area contributed by atoms with Crippen molar-refractivity contribution in [2.24, 2.45) is 0 Å². The van der Waals surface area contributed by atoms with E-state index in [9.17, 15) is 4.79 Å². The fourth-order valence-electron chi connectivity index (χ4n) is 1.90. The number of rotatable bonds is 4. The second-order valence-electron chi connectivity index (χ2n) is 4.57. The Morgan fingerprint density at radius 1 is 1.36 bits per heavy atom. The molecule has 0 aliphatic carbocycles. The first-order chi connectivity index (χ1) is 10.7. The van der Waals surface area contributed by atoms with Crippen molar-refractivity contribution < 1.29 is 14.3 Å². The molecule has 0 fully saturated rings. The van der Waals surface area contributed by atoms with Crippen LogP contribution in [0.4, 0.5) is 5.69 Å². The lowest BCUT2D eigenvalue weighted by Gasteiger charge is -2.10. The molecular weight excluding hydrogens is 306 g/mol. The van der Waals surface area contributed by atoms with Gasteiger partial charge in [-0.2, -0.15) is 0 Å². The number of fused-ring (bicyclic) bond motifs is 1.